The Kier molecular flexibility index (Phi) is 5.48. The molecule has 0 atom stereocenters. The van der Waals surface area contributed by atoms with Crippen LogP contribution >= 0.6 is 0 Å². The van der Waals surface area contributed by atoms with E-state index in [0.717, 1.165) is 22.3 Å². The van der Waals surface area contributed by atoms with Gasteiger partial charge in [0, 0.05) is 11.1 Å². The van der Waals surface area contributed by atoms with E-state index < -0.39 is 0 Å². The van der Waals surface area contributed by atoms with Crippen molar-refractivity contribution in [2.24, 2.45) is 5.16 Å². The predicted octanol–water partition coefficient (Wildman–Crippen LogP) is 3.73. The van der Waals surface area contributed by atoms with Crippen molar-refractivity contribution in [2.45, 2.75) is 13.8 Å². The molecular weight excluding hydrogens is 238 g/mol. The van der Waals surface area contributed by atoms with Crippen LogP contribution in [0.25, 0.3) is 11.1 Å². The van der Waals surface area contributed by atoms with Crippen LogP contribution < -0.4 is 0 Å². The third-order valence-corrected chi connectivity index (χ3v) is 2.75. The minimum atomic E-state index is 0.668. The molecule has 0 saturated carbocycles. The number of fused-ring (bicyclic) bond motifs is 3. The van der Waals surface area contributed by atoms with Crippen molar-refractivity contribution >= 4 is 12.5 Å². The summed E-state index contributed by atoms with van der Waals surface area (Å²) < 4.78 is 0. The Morgan fingerprint density at radius 3 is 1.42 bits per heavy atom. The largest absolute Gasteiger partial charge is 0.410 e. The molecule has 2 aromatic rings. The molecule has 0 aromatic heterocycles. The highest BCUT2D eigenvalue weighted by atomic mass is 16.4. The molecule has 1 aliphatic rings. The van der Waals surface area contributed by atoms with Gasteiger partial charge in [-0.3, -0.25) is 0 Å². The molecule has 0 spiro atoms. The van der Waals surface area contributed by atoms with E-state index in [-0.39, 0.29) is 0 Å². The van der Waals surface area contributed by atoms with Crippen molar-refractivity contribution in [3.63, 3.8) is 0 Å². The summed E-state index contributed by atoms with van der Waals surface area (Å²) in [5.41, 5.74) is 4.95. The zero-order valence-electron chi connectivity index (χ0n) is 11.1. The van der Waals surface area contributed by atoms with Crippen molar-refractivity contribution in [3.8, 4) is 11.1 Å². The Bertz CT molecular complexity index is 529. The summed E-state index contributed by atoms with van der Waals surface area (Å²) in [6, 6.07) is 15.9. The third-order valence-electron chi connectivity index (χ3n) is 2.75. The van der Waals surface area contributed by atoms with Gasteiger partial charge >= 0.3 is 0 Å². The van der Waals surface area contributed by atoms with Crippen LogP contribution in [0.5, 0.6) is 0 Å². The predicted molar refractivity (Wildman–Crippen MR) is 77.8 cm³/mol. The molecule has 2 aromatic carbocycles. The molecule has 0 amide bonds. The second-order valence-electron chi connectivity index (χ2n) is 3.54. The first kappa shape index (κ1) is 14.6. The Balaban J connectivity index is 0.000000415. The Morgan fingerprint density at radius 2 is 1.11 bits per heavy atom. The van der Waals surface area contributed by atoms with Crippen LogP contribution in [-0.4, -0.2) is 17.7 Å². The van der Waals surface area contributed by atoms with Crippen molar-refractivity contribution in [3.05, 3.63) is 59.7 Å². The van der Waals surface area contributed by atoms with Gasteiger partial charge in [0.25, 0.3) is 0 Å². The maximum Gasteiger partial charge on any atom is 0.118 e. The molecule has 3 rings (SSSR count). The lowest BCUT2D eigenvalue weighted by atomic mass is 10.1. The summed E-state index contributed by atoms with van der Waals surface area (Å²) in [4.78, 5) is 8.00. The average molecular weight is 255 g/mol. The second kappa shape index (κ2) is 7.11. The van der Waals surface area contributed by atoms with Gasteiger partial charge in [0.1, 0.15) is 12.5 Å². The first-order valence-electron chi connectivity index (χ1n) is 6.12. The Morgan fingerprint density at radius 1 is 0.789 bits per heavy atom. The van der Waals surface area contributed by atoms with E-state index in [0.29, 0.717) is 5.71 Å². The van der Waals surface area contributed by atoms with E-state index >= 15 is 0 Å². The van der Waals surface area contributed by atoms with E-state index in [4.69, 9.17) is 10.0 Å². The highest BCUT2D eigenvalue weighted by Gasteiger charge is 2.23. The van der Waals surface area contributed by atoms with Crippen molar-refractivity contribution in [1.82, 2.24) is 0 Å². The maximum absolute atomic E-state index is 9.05. The summed E-state index contributed by atoms with van der Waals surface area (Å²) >= 11 is 0. The second-order valence-corrected chi connectivity index (χ2v) is 3.54. The van der Waals surface area contributed by atoms with Crippen LogP contribution in [0, 0.1) is 0 Å². The van der Waals surface area contributed by atoms with Gasteiger partial charge in [0.2, 0.25) is 0 Å². The van der Waals surface area contributed by atoms with E-state index in [1.54, 1.807) is 0 Å². The van der Waals surface area contributed by atoms with E-state index in [2.05, 4.69) is 5.16 Å². The summed E-state index contributed by atoms with van der Waals surface area (Å²) in [6.07, 6.45) is 0. The van der Waals surface area contributed by atoms with Crippen LogP contribution in [-0.2, 0) is 4.79 Å². The summed E-state index contributed by atoms with van der Waals surface area (Å²) in [5.74, 6) is 0. The van der Waals surface area contributed by atoms with Gasteiger partial charge in [-0.2, -0.15) is 0 Å². The average Bonchev–Trinajstić information content (AvgIpc) is 2.85. The van der Waals surface area contributed by atoms with Gasteiger partial charge < -0.3 is 10.0 Å². The summed E-state index contributed by atoms with van der Waals surface area (Å²) in [7, 11) is 0. The number of hydrogen-bond acceptors (Lipinski definition) is 3. The van der Waals surface area contributed by atoms with Crippen molar-refractivity contribution < 1.29 is 10.0 Å². The fourth-order valence-electron chi connectivity index (χ4n) is 2.10. The van der Waals surface area contributed by atoms with Crippen LogP contribution in [0.15, 0.2) is 53.7 Å². The Labute approximate surface area is 113 Å². The fourth-order valence-corrected chi connectivity index (χ4v) is 2.10. The summed E-state index contributed by atoms with van der Waals surface area (Å²) in [5, 5.41) is 12.4. The van der Waals surface area contributed by atoms with Gasteiger partial charge in [-0.05, 0) is 11.1 Å². The number of oxime groups is 1. The molecule has 0 bridgehead atoms. The van der Waals surface area contributed by atoms with Crippen LogP contribution in [0.2, 0.25) is 0 Å². The van der Waals surface area contributed by atoms with E-state index in [9.17, 15) is 0 Å². The highest BCUT2D eigenvalue weighted by molar-refractivity contribution is 6.24. The first-order valence-corrected chi connectivity index (χ1v) is 6.12. The topological polar surface area (TPSA) is 49.7 Å². The molecule has 0 unspecified atom stereocenters. The van der Waals surface area contributed by atoms with Crippen LogP contribution in [0.3, 0.4) is 0 Å². The zero-order valence-corrected chi connectivity index (χ0v) is 11.1. The summed E-state index contributed by atoms with van der Waals surface area (Å²) in [6.45, 7) is 6.00. The third kappa shape index (κ3) is 2.55. The lowest BCUT2D eigenvalue weighted by Gasteiger charge is -1.96. The maximum atomic E-state index is 9.05. The number of rotatable bonds is 0. The normalized spacial score (nSPS) is 10.1. The number of nitrogens with zero attached hydrogens (tertiary/aromatic N) is 1. The Hall–Kier alpha value is -2.42. The quantitative estimate of drug-likeness (QED) is 0.491. The lowest BCUT2D eigenvalue weighted by Crippen LogP contribution is -1.96. The number of carbonyl (C=O) groups excluding carboxylic acids is 1. The number of hydrogen-bond donors (Lipinski definition) is 1. The molecule has 1 aliphatic carbocycles. The minimum Gasteiger partial charge on any atom is -0.410 e. The monoisotopic (exact) mass is 255 g/mol. The van der Waals surface area contributed by atoms with Crippen LogP contribution in [0.1, 0.15) is 25.0 Å². The van der Waals surface area contributed by atoms with Gasteiger partial charge in [0.05, 0.1) is 0 Å². The smallest absolute Gasteiger partial charge is 0.118 e. The first-order chi connectivity index (χ1) is 9.42. The van der Waals surface area contributed by atoms with Crippen molar-refractivity contribution in [2.75, 3.05) is 0 Å². The number of benzene rings is 2. The molecule has 19 heavy (non-hydrogen) atoms. The molecule has 1 N–H and O–H groups in total. The lowest BCUT2D eigenvalue weighted by molar-refractivity contribution is -0.0979. The van der Waals surface area contributed by atoms with Crippen LogP contribution in [0.4, 0.5) is 0 Å². The van der Waals surface area contributed by atoms with Gasteiger partial charge in [-0.25, -0.2) is 0 Å². The molecule has 98 valence electrons. The molecule has 3 heteroatoms. The highest BCUT2D eigenvalue weighted by Crippen LogP contribution is 2.36. The zero-order chi connectivity index (χ0) is 14.3. The molecule has 0 aliphatic heterocycles. The van der Waals surface area contributed by atoms with Gasteiger partial charge in [-0.1, -0.05) is 67.5 Å². The van der Waals surface area contributed by atoms with Gasteiger partial charge in [0.15, 0.2) is 0 Å². The standard InChI is InChI=1S/C13H9NO.C2H6.CH2O/c15-14-13-11-7-3-1-5-9(11)10-6-2-4-8-12(10)13;2*1-2/h1-8,15H;1-2H3;1H2. The molecule has 3 nitrogen and oxygen atoms in total. The van der Waals surface area contributed by atoms with Crippen molar-refractivity contribution in [1.29, 1.82) is 0 Å². The molecular formula is C16H17NO2. The van der Waals surface area contributed by atoms with Gasteiger partial charge in [-0.15, -0.1) is 0 Å². The number of carbonyl (C=O) groups is 1. The molecule has 0 saturated heterocycles. The fraction of sp³-hybridized carbons (Fsp3) is 0.125. The van der Waals surface area contributed by atoms with E-state index in [1.807, 2.05) is 69.2 Å². The molecule has 0 radical (unpaired) electrons. The SMILES string of the molecule is C=O.CC.ON=C1c2ccccc2-c2ccccc21. The van der Waals surface area contributed by atoms with E-state index in [1.165, 1.54) is 0 Å². The molecule has 0 heterocycles. The minimum absolute atomic E-state index is 0.668. The molecule has 0 fully saturated rings.